The van der Waals surface area contributed by atoms with Gasteiger partial charge in [-0.25, -0.2) is 0 Å². The Balaban J connectivity index is 2.90. The maximum Gasteiger partial charge on any atom is 0.573 e. The summed E-state index contributed by atoms with van der Waals surface area (Å²) in [7, 11) is 0. The van der Waals surface area contributed by atoms with Crippen molar-refractivity contribution in [2.75, 3.05) is 6.61 Å². The first-order chi connectivity index (χ1) is 9.67. The molecule has 21 heavy (non-hydrogen) atoms. The van der Waals surface area contributed by atoms with Crippen molar-refractivity contribution in [3.8, 4) is 5.75 Å². The van der Waals surface area contributed by atoms with Crippen molar-refractivity contribution >= 4 is 5.91 Å². The number of halogens is 5. The Hall–Kier alpha value is -1.90. The molecule has 0 spiro atoms. The molecule has 9 heteroatoms. The highest BCUT2D eigenvalue weighted by Gasteiger charge is 2.31. The molecule has 0 fully saturated rings. The monoisotopic (exact) mass is 313 g/mol. The number of hydrogen-bond acceptors (Lipinski definition) is 3. The average Bonchev–Trinajstić information content (AvgIpc) is 2.32. The first-order valence-electron chi connectivity index (χ1n) is 5.70. The zero-order valence-corrected chi connectivity index (χ0v) is 10.8. The summed E-state index contributed by atoms with van der Waals surface area (Å²) in [5, 5.41) is 2.31. The van der Waals surface area contributed by atoms with Gasteiger partial charge in [-0.1, -0.05) is 12.1 Å². The number of nitrogens with one attached hydrogen (secondary N) is 1. The zero-order chi connectivity index (χ0) is 16.0. The molecule has 0 heterocycles. The standard InChI is InChI=1S/C12H12F5NO3/c1-7(19)18-10(6-20-11(13)14)8-3-2-4-9(5-8)21-12(15,16)17/h2-5,10-11H,6H2,1H3,(H,18,19). The molecular formula is C12H12F5NO3. The van der Waals surface area contributed by atoms with Gasteiger partial charge in [0.1, 0.15) is 5.75 Å². The van der Waals surface area contributed by atoms with Crippen molar-refractivity contribution in [1.82, 2.24) is 5.32 Å². The van der Waals surface area contributed by atoms with Crippen LogP contribution in [0.3, 0.4) is 0 Å². The molecule has 0 aliphatic rings. The van der Waals surface area contributed by atoms with Crippen LogP contribution in [0.1, 0.15) is 18.5 Å². The number of rotatable bonds is 6. The summed E-state index contributed by atoms with van der Waals surface area (Å²) >= 11 is 0. The van der Waals surface area contributed by atoms with Crippen molar-refractivity contribution in [2.45, 2.75) is 25.9 Å². The number of carbonyl (C=O) groups excluding carboxylic acids is 1. The van der Waals surface area contributed by atoms with E-state index in [4.69, 9.17) is 0 Å². The number of amides is 1. The van der Waals surface area contributed by atoms with Gasteiger partial charge in [0.25, 0.3) is 0 Å². The molecule has 1 unspecified atom stereocenters. The van der Waals surface area contributed by atoms with Gasteiger partial charge in [-0.15, -0.1) is 13.2 Å². The van der Waals surface area contributed by atoms with E-state index in [1.807, 2.05) is 0 Å². The highest BCUT2D eigenvalue weighted by Crippen LogP contribution is 2.26. The van der Waals surface area contributed by atoms with Gasteiger partial charge >= 0.3 is 13.0 Å². The molecule has 0 bridgehead atoms. The summed E-state index contributed by atoms with van der Waals surface area (Å²) in [6.45, 7) is -2.51. The third-order valence-electron chi connectivity index (χ3n) is 2.26. The SMILES string of the molecule is CC(=O)NC(COC(F)F)c1cccc(OC(F)(F)F)c1. The normalized spacial score (nSPS) is 13.1. The second-order valence-corrected chi connectivity index (χ2v) is 3.97. The molecule has 4 nitrogen and oxygen atoms in total. The van der Waals surface area contributed by atoms with Crippen LogP contribution in [0.5, 0.6) is 5.75 Å². The van der Waals surface area contributed by atoms with Crippen LogP contribution in [0.4, 0.5) is 22.0 Å². The molecule has 0 aliphatic carbocycles. The first-order valence-corrected chi connectivity index (χ1v) is 5.70. The van der Waals surface area contributed by atoms with Gasteiger partial charge in [0, 0.05) is 6.92 Å². The quantitative estimate of drug-likeness (QED) is 0.821. The lowest BCUT2D eigenvalue weighted by Gasteiger charge is -2.19. The fraction of sp³-hybridized carbons (Fsp3) is 0.417. The van der Waals surface area contributed by atoms with Gasteiger partial charge < -0.3 is 14.8 Å². The Bertz CT molecular complexity index is 478. The highest BCUT2D eigenvalue weighted by molar-refractivity contribution is 5.73. The molecule has 0 saturated heterocycles. The Labute approximate surface area is 116 Å². The molecule has 118 valence electrons. The maximum absolute atomic E-state index is 12.1. The summed E-state index contributed by atoms with van der Waals surface area (Å²) in [5.41, 5.74) is 0.146. The van der Waals surface area contributed by atoms with Crippen LogP contribution in [0.15, 0.2) is 24.3 Å². The van der Waals surface area contributed by atoms with Crippen LogP contribution in [-0.4, -0.2) is 25.5 Å². The minimum absolute atomic E-state index is 0.146. The number of alkyl halides is 5. The number of carbonyl (C=O) groups is 1. The lowest BCUT2D eigenvalue weighted by molar-refractivity contribution is -0.274. The van der Waals surface area contributed by atoms with Crippen molar-refractivity contribution in [3.63, 3.8) is 0 Å². The Morgan fingerprint density at radius 1 is 1.33 bits per heavy atom. The number of hydrogen-bond donors (Lipinski definition) is 1. The summed E-state index contributed by atoms with van der Waals surface area (Å²) < 4.78 is 68.3. The Kier molecular flexibility index (Phi) is 5.89. The summed E-state index contributed by atoms with van der Waals surface area (Å²) in [6, 6.07) is 3.62. The summed E-state index contributed by atoms with van der Waals surface area (Å²) in [5.74, 6) is -1.06. The lowest BCUT2D eigenvalue weighted by Crippen LogP contribution is -2.30. The van der Waals surface area contributed by atoms with Gasteiger partial charge in [-0.3, -0.25) is 4.79 Å². The van der Waals surface area contributed by atoms with E-state index in [0.29, 0.717) is 0 Å². The molecular weight excluding hydrogens is 301 g/mol. The number of ether oxygens (including phenoxy) is 2. The highest BCUT2D eigenvalue weighted by atomic mass is 19.4. The van der Waals surface area contributed by atoms with Crippen molar-refractivity contribution in [1.29, 1.82) is 0 Å². The van der Waals surface area contributed by atoms with Crippen LogP contribution in [0.2, 0.25) is 0 Å². The third kappa shape index (κ3) is 6.89. The zero-order valence-electron chi connectivity index (χ0n) is 10.8. The molecule has 0 saturated carbocycles. The van der Waals surface area contributed by atoms with Gasteiger partial charge in [0.15, 0.2) is 0 Å². The van der Waals surface area contributed by atoms with Gasteiger partial charge in [-0.05, 0) is 17.7 Å². The first kappa shape index (κ1) is 17.2. The predicted molar refractivity (Wildman–Crippen MR) is 61.6 cm³/mol. The Morgan fingerprint density at radius 2 is 2.00 bits per heavy atom. The molecule has 0 radical (unpaired) electrons. The van der Waals surface area contributed by atoms with Crippen LogP contribution >= 0.6 is 0 Å². The minimum Gasteiger partial charge on any atom is -0.406 e. The van der Waals surface area contributed by atoms with Gasteiger partial charge in [-0.2, -0.15) is 8.78 Å². The third-order valence-corrected chi connectivity index (χ3v) is 2.26. The summed E-state index contributed by atoms with van der Waals surface area (Å²) in [4.78, 5) is 11.0. The van der Waals surface area contributed by atoms with Crippen LogP contribution in [-0.2, 0) is 9.53 Å². The molecule has 1 aromatic rings. The molecule has 1 N–H and O–H groups in total. The van der Waals surface area contributed by atoms with Crippen LogP contribution in [0, 0.1) is 0 Å². The predicted octanol–water partition coefficient (Wildman–Crippen LogP) is 3.00. The van der Waals surface area contributed by atoms with Crippen molar-refractivity contribution in [3.05, 3.63) is 29.8 Å². The number of benzene rings is 1. The Morgan fingerprint density at radius 3 is 2.52 bits per heavy atom. The molecule has 1 atom stereocenters. The topological polar surface area (TPSA) is 47.6 Å². The molecule has 1 amide bonds. The fourth-order valence-corrected chi connectivity index (χ4v) is 1.56. The van der Waals surface area contributed by atoms with E-state index in [1.165, 1.54) is 12.1 Å². The summed E-state index contributed by atoms with van der Waals surface area (Å²) in [6.07, 6.45) is -4.87. The lowest BCUT2D eigenvalue weighted by atomic mass is 10.1. The molecule has 1 rings (SSSR count). The van der Waals surface area contributed by atoms with Gasteiger partial charge in [0.2, 0.25) is 5.91 Å². The largest absolute Gasteiger partial charge is 0.573 e. The maximum atomic E-state index is 12.1. The second-order valence-electron chi connectivity index (χ2n) is 3.97. The van der Waals surface area contributed by atoms with E-state index in [1.54, 1.807) is 0 Å². The second kappa shape index (κ2) is 7.21. The van der Waals surface area contributed by atoms with Crippen molar-refractivity contribution < 1.29 is 36.2 Å². The van der Waals surface area contributed by atoms with Crippen molar-refractivity contribution in [2.24, 2.45) is 0 Å². The minimum atomic E-state index is -4.87. The van der Waals surface area contributed by atoms with Gasteiger partial charge in [0.05, 0.1) is 12.6 Å². The van der Waals surface area contributed by atoms with E-state index in [2.05, 4.69) is 14.8 Å². The van der Waals surface area contributed by atoms with Crippen LogP contribution in [0.25, 0.3) is 0 Å². The smallest absolute Gasteiger partial charge is 0.406 e. The molecule has 0 aliphatic heterocycles. The van der Waals surface area contributed by atoms with E-state index < -0.39 is 37.3 Å². The molecule has 0 aromatic heterocycles. The average molecular weight is 313 g/mol. The van der Waals surface area contributed by atoms with E-state index in [0.717, 1.165) is 19.1 Å². The molecule has 1 aromatic carbocycles. The van der Waals surface area contributed by atoms with E-state index in [9.17, 15) is 26.7 Å². The van der Waals surface area contributed by atoms with Crippen LogP contribution < -0.4 is 10.1 Å². The fourth-order valence-electron chi connectivity index (χ4n) is 1.56. The van der Waals surface area contributed by atoms with E-state index >= 15 is 0 Å². The van der Waals surface area contributed by atoms with E-state index in [-0.39, 0.29) is 5.56 Å².